The van der Waals surface area contributed by atoms with Crippen molar-refractivity contribution >= 4 is 17.2 Å². The number of carbonyl (C=O) groups is 1. The largest absolute Gasteiger partial charge is 0.462 e. The van der Waals surface area contributed by atoms with Crippen molar-refractivity contribution in [2.24, 2.45) is 0 Å². The number of aromatic nitrogens is 4. The second-order valence-corrected chi connectivity index (χ2v) is 6.73. The Bertz CT molecular complexity index is 835. The van der Waals surface area contributed by atoms with Gasteiger partial charge in [-0.15, -0.1) is 16.4 Å². The van der Waals surface area contributed by atoms with Crippen LogP contribution in [0.2, 0.25) is 0 Å². The third-order valence-electron chi connectivity index (χ3n) is 4.14. The van der Waals surface area contributed by atoms with E-state index in [1.807, 2.05) is 17.5 Å². The Morgan fingerprint density at radius 2 is 2.32 bits per heavy atom. The van der Waals surface area contributed by atoms with Crippen molar-refractivity contribution in [1.82, 2.24) is 30.6 Å². The van der Waals surface area contributed by atoms with Gasteiger partial charge in [-0.05, 0) is 38.1 Å². The predicted octanol–water partition coefficient (Wildman–Crippen LogP) is 1.85. The molecule has 1 aliphatic heterocycles. The number of amides is 1. The van der Waals surface area contributed by atoms with Crippen molar-refractivity contribution in [3.8, 4) is 10.8 Å². The minimum Gasteiger partial charge on any atom is -0.462 e. The summed E-state index contributed by atoms with van der Waals surface area (Å²) in [6.45, 7) is 2.28. The van der Waals surface area contributed by atoms with Gasteiger partial charge in [-0.1, -0.05) is 5.21 Å². The van der Waals surface area contributed by atoms with Gasteiger partial charge in [-0.2, -0.15) is 0 Å². The third kappa shape index (κ3) is 3.62. The van der Waals surface area contributed by atoms with E-state index in [4.69, 9.17) is 4.42 Å². The Hall–Kier alpha value is -2.52. The molecule has 2 N–H and O–H groups in total. The molecule has 1 aliphatic rings. The van der Waals surface area contributed by atoms with Crippen LogP contribution in [-0.4, -0.2) is 39.0 Å². The molecular weight excluding hydrogens is 340 g/mol. The molecule has 0 bridgehead atoms. The number of carbonyl (C=O) groups excluding carboxylic acids is 1. The van der Waals surface area contributed by atoms with Crippen LogP contribution in [0.4, 0.5) is 0 Å². The molecule has 0 atom stereocenters. The Labute approximate surface area is 148 Å². The normalized spacial score (nSPS) is 15.4. The fourth-order valence-electron chi connectivity index (χ4n) is 2.79. The van der Waals surface area contributed by atoms with E-state index in [0.717, 1.165) is 42.4 Å². The number of thiazole rings is 1. The van der Waals surface area contributed by atoms with Crippen LogP contribution in [0.3, 0.4) is 0 Å². The SMILES string of the molecule is O=C(NCc1csc(-c2ccco2)n1)c1cn(C2CCNCC2)nn1. The van der Waals surface area contributed by atoms with Crippen LogP contribution in [0.25, 0.3) is 10.8 Å². The lowest BCUT2D eigenvalue weighted by Gasteiger charge is -2.22. The Morgan fingerprint density at radius 1 is 1.44 bits per heavy atom. The summed E-state index contributed by atoms with van der Waals surface area (Å²) in [6, 6.07) is 3.99. The summed E-state index contributed by atoms with van der Waals surface area (Å²) in [6.07, 6.45) is 5.34. The van der Waals surface area contributed by atoms with E-state index in [2.05, 4.69) is 25.9 Å². The Kier molecular flexibility index (Phi) is 4.57. The maximum atomic E-state index is 12.3. The molecule has 3 aromatic heterocycles. The van der Waals surface area contributed by atoms with Crippen molar-refractivity contribution in [2.45, 2.75) is 25.4 Å². The highest BCUT2D eigenvalue weighted by atomic mass is 32.1. The minimum atomic E-state index is -0.243. The average Bonchev–Trinajstić information content (AvgIpc) is 3.41. The number of hydrogen-bond donors (Lipinski definition) is 2. The molecule has 8 nitrogen and oxygen atoms in total. The van der Waals surface area contributed by atoms with E-state index in [9.17, 15) is 4.79 Å². The second kappa shape index (κ2) is 7.16. The molecule has 1 saturated heterocycles. The highest BCUT2D eigenvalue weighted by Crippen LogP contribution is 2.23. The van der Waals surface area contributed by atoms with Crippen LogP contribution in [0.1, 0.15) is 35.1 Å². The van der Waals surface area contributed by atoms with E-state index >= 15 is 0 Å². The van der Waals surface area contributed by atoms with Gasteiger partial charge in [-0.3, -0.25) is 4.79 Å². The van der Waals surface area contributed by atoms with Gasteiger partial charge in [0.25, 0.3) is 5.91 Å². The van der Waals surface area contributed by atoms with Gasteiger partial charge >= 0.3 is 0 Å². The molecule has 4 rings (SSSR count). The van der Waals surface area contributed by atoms with Crippen LogP contribution in [0, 0.1) is 0 Å². The molecule has 1 amide bonds. The highest BCUT2D eigenvalue weighted by Gasteiger charge is 2.18. The van der Waals surface area contributed by atoms with Crippen molar-refractivity contribution in [3.63, 3.8) is 0 Å². The van der Waals surface area contributed by atoms with E-state index in [1.165, 1.54) is 11.3 Å². The summed E-state index contributed by atoms with van der Waals surface area (Å²) in [5, 5.41) is 17.0. The average molecular weight is 358 g/mol. The first-order valence-electron chi connectivity index (χ1n) is 8.18. The van der Waals surface area contributed by atoms with Crippen molar-refractivity contribution in [2.75, 3.05) is 13.1 Å². The Morgan fingerprint density at radius 3 is 3.12 bits per heavy atom. The first kappa shape index (κ1) is 16.0. The van der Waals surface area contributed by atoms with Crippen molar-refractivity contribution < 1.29 is 9.21 Å². The zero-order chi connectivity index (χ0) is 17.1. The van der Waals surface area contributed by atoms with Crippen LogP contribution in [0.15, 0.2) is 34.4 Å². The number of nitrogens with zero attached hydrogens (tertiary/aromatic N) is 4. The fourth-order valence-corrected chi connectivity index (χ4v) is 3.58. The number of hydrogen-bond acceptors (Lipinski definition) is 7. The predicted molar refractivity (Wildman–Crippen MR) is 92.1 cm³/mol. The van der Waals surface area contributed by atoms with Gasteiger partial charge in [0.2, 0.25) is 0 Å². The van der Waals surface area contributed by atoms with Gasteiger partial charge in [0.1, 0.15) is 0 Å². The molecule has 0 spiro atoms. The molecule has 130 valence electrons. The molecule has 1 fully saturated rings. The van der Waals surface area contributed by atoms with Gasteiger partial charge in [-0.25, -0.2) is 9.67 Å². The van der Waals surface area contributed by atoms with Crippen molar-refractivity contribution in [3.05, 3.63) is 41.4 Å². The number of rotatable bonds is 5. The molecule has 0 unspecified atom stereocenters. The molecule has 25 heavy (non-hydrogen) atoms. The zero-order valence-electron chi connectivity index (χ0n) is 13.5. The lowest BCUT2D eigenvalue weighted by Crippen LogP contribution is -2.29. The maximum absolute atomic E-state index is 12.3. The van der Waals surface area contributed by atoms with Crippen molar-refractivity contribution in [1.29, 1.82) is 0 Å². The smallest absolute Gasteiger partial charge is 0.273 e. The lowest BCUT2D eigenvalue weighted by molar-refractivity contribution is 0.0945. The highest BCUT2D eigenvalue weighted by molar-refractivity contribution is 7.13. The molecule has 9 heteroatoms. The standard InChI is InChI=1S/C16H18N6O2S/c23-15(13-9-22(21-20-13)12-3-5-17-6-4-12)18-8-11-10-25-16(19-11)14-2-1-7-24-14/h1-2,7,9-10,12,17H,3-6,8H2,(H,18,23). The minimum absolute atomic E-state index is 0.243. The molecule has 0 aromatic carbocycles. The second-order valence-electron chi connectivity index (χ2n) is 5.87. The van der Waals surface area contributed by atoms with Gasteiger partial charge < -0.3 is 15.1 Å². The molecule has 0 saturated carbocycles. The van der Waals surface area contributed by atoms with E-state index < -0.39 is 0 Å². The monoisotopic (exact) mass is 358 g/mol. The van der Waals surface area contributed by atoms with Crippen LogP contribution < -0.4 is 10.6 Å². The van der Waals surface area contributed by atoms with Crippen LogP contribution in [-0.2, 0) is 6.54 Å². The maximum Gasteiger partial charge on any atom is 0.273 e. The first-order valence-corrected chi connectivity index (χ1v) is 9.06. The van der Waals surface area contributed by atoms with Crippen LogP contribution in [0.5, 0.6) is 0 Å². The van der Waals surface area contributed by atoms with Gasteiger partial charge in [0, 0.05) is 5.38 Å². The van der Waals surface area contributed by atoms with Gasteiger partial charge in [0.15, 0.2) is 16.5 Å². The third-order valence-corrected chi connectivity index (χ3v) is 5.05. The van der Waals surface area contributed by atoms with Crippen LogP contribution >= 0.6 is 11.3 Å². The molecule has 4 heterocycles. The zero-order valence-corrected chi connectivity index (χ0v) is 14.3. The van der Waals surface area contributed by atoms with E-state index in [1.54, 1.807) is 17.1 Å². The molecule has 0 radical (unpaired) electrons. The Balaban J connectivity index is 1.35. The topological polar surface area (TPSA) is 97.9 Å². The summed E-state index contributed by atoms with van der Waals surface area (Å²) in [5.41, 5.74) is 1.12. The number of furan rings is 1. The van der Waals surface area contributed by atoms with E-state index in [-0.39, 0.29) is 5.91 Å². The number of nitrogens with one attached hydrogen (secondary N) is 2. The van der Waals surface area contributed by atoms with Gasteiger partial charge in [0.05, 0.1) is 30.7 Å². The first-order chi connectivity index (χ1) is 12.3. The summed E-state index contributed by atoms with van der Waals surface area (Å²) in [4.78, 5) is 16.7. The summed E-state index contributed by atoms with van der Waals surface area (Å²) < 4.78 is 7.12. The van der Waals surface area contributed by atoms with E-state index in [0.29, 0.717) is 18.3 Å². The summed E-state index contributed by atoms with van der Waals surface area (Å²) >= 11 is 1.48. The molecular formula is C16H18N6O2S. The molecule has 3 aromatic rings. The number of piperidine rings is 1. The molecule has 0 aliphatic carbocycles. The lowest BCUT2D eigenvalue weighted by atomic mass is 10.1. The quantitative estimate of drug-likeness (QED) is 0.722. The summed E-state index contributed by atoms with van der Waals surface area (Å²) in [5.74, 6) is 0.486. The fraction of sp³-hybridized carbons (Fsp3) is 0.375. The summed E-state index contributed by atoms with van der Waals surface area (Å²) in [7, 11) is 0.